The smallest absolute Gasteiger partial charge is 0.406 e. The molecule has 1 saturated heterocycles. The Labute approximate surface area is 214 Å². The molecule has 0 amide bonds. The number of hydrogen-bond donors (Lipinski definition) is 1. The third-order valence-corrected chi connectivity index (χ3v) is 9.53. The molecule has 0 saturated carbocycles. The Balaban J connectivity index is 1.59. The monoisotopic (exact) mass is 594 g/mol. The lowest BCUT2D eigenvalue weighted by Gasteiger charge is -2.36. The molecule has 4 rings (SSSR count). The molecule has 0 spiro atoms. The third kappa shape index (κ3) is 6.46. The fourth-order valence-electron chi connectivity index (χ4n) is 3.92. The summed E-state index contributed by atoms with van der Waals surface area (Å²) in [5.74, 6) is 1.65. The second-order valence-corrected chi connectivity index (χ2v) is 11.7. The van der Waals surface area contributed by atoms with Crippen LogP contribution in [0.25, 0.3) is 10.1 Å². The van der Waals surface area contributed by atoms with E-state index in [2.05, 4.69) is 25.6 Å². The first kappa shape index (κ1) is 25.8. The Morgan fingerprint density at radius 2 is 1.82 bits per heavy atom. The first-order valence-electron chi connectivity index (χ1n) is 10.4. The van der Waals surface area contributed by atoms with Crippen LogP contribution in [-0.2, 0) is 17.7 Å². The van der Waals surface area contributed by atoms with Crippen LogP contribution in [0.5, 0.6) is 5.75 Å². The van der Waals surface area contributed by atoms with Crippen molar-refractivity contribution >= 4 is 65.4 Å². The number of fused-ring (bicyclic) bond motifs is 1. The molecule has 1 aliphatic heterocycles. The largest absolute Gasteiger partial charge is 0.573 e. The number of alkyl halides is 3. The minimum Gasteiger partial charge on any atom is -0.406 e. The molecule has 1 aromatic heterocycles. The molecular weight excluding hydrogens is 573 g/mol. The molecule has 2 atom stereocenters. The van der Waals surface area contributed by atoms with Crippen LogP contribution in [-0.4, -0.2) is 57.2 Å². The molecule has 184 valence electrons. The molecule has 0 radical (unpaired) electrons. The van der Waals surface area contributed by atoms with Gasteiger partial charge in [-0.1, -0.05) is 30.3 Å². The predicted molar refractivity (Wildman–Crippen MR) is 137 cm³/mol. The summed E-state index contributed by atoms with van der Waals surface area (Å²) in [5.41, 5.74) is 0.830. The number of thioether (sulfide) groups is 1. The van der Waals surface area contributed by atoms with E-state index in [1.807, 2.05) is 36.0 Å². The zero-order valence-corrected chi connectivity index (χ0v) is 21.9. The van der Waals surface area contributed by atoms with Crippen LogP contribution in [0.2, 0.25) is 0 Å². The molecule has 1 N–H and O–H groups in total. The lowest BCUT2D eigenvalue weighted by Crippen LogP contribution is -2.49. The van der Waals surface area contributed by atoms with Gasteiger partial charge in [0.1, 0.15) is 10.8 Å². The van der Waals surface area contributed by atoms with Crippen molar-refractivity contribution in [3.63, 3.8) is 0 Å². The molecule has 0 aliphatic carbocycles. The summed E-state index contributed by atoms with van der Waals surface area (Å²) < 4.78 is 67.4. The van der Waals surface area contributed by atoms with Crippen molar-refractivity contribution in [2.75, 3.05) is 35.4 Å². The van der Waals surface area contributed by atoms with Crippen LogP contribution in [0.3, 0.4) is 0 Å². The number of benzene rings is 2. The fraction of sp³-hybridized carbons (Fsp3) is 0.364. The molecule has 2 aromatic carbocycles. The number of hydrogen-bond acceptors (Lipinski definition) is 5. The first-order chi connectivity index (χ1) is 16.2. The quantitative estimate of drug-likeness (QED) is 0.316. The predicted octanol–water partition coefficient (Wildman–Crippen LogP) is 6.17. The van der Waals surface area contributed by atoms with E-state index < -0.39 is 17.6 Å². The molecule has 2 unspecified atom stereocenters. The second-order valence-electron chi connectivity index (χ2n) is 7.71. The number of nitrogens with zero attached hydrogens (tertiary/aromatic N) is 2. The maximum Gasteiger partial charge on any atom is 0.573 e. The Kier molecular flexibility index (Phi) is 8.47. The van der Waals surface area contributed by atoms with Crippen LogP contribution < -0.4 is 9.04 Å². The van der Waals surface area contributed by atoms with E-state index in [-0.39, 0.29) is 11.8 Å². The van der Waals surface area contributed by atoms with Gasteiger partial charge in [-0.3, -0.25) is 13.8 Å². The summed E-state index contributed by atoms with van der Waals surface area (Å²) in [6.45, 7) is 1.97. The third-order valence-electron chi connectivity index (χ3n) is 5.50. The standard InChI is InChI=1S/C22H22BrF3N2O3S3/c23-20-18-3-1-2-4-19(18)33-21(20)28(34(29)30)14-16(27-9-11-32-12-10-27)13-15-5-7-17(8-6-15)31-22(24,25)26/h1-8,16H,9-14H2,(H,29,30). The van der Waals surface area contributed by atoms with Crippen molar-refractivity contribution in [2.24, 2.45) is 0 Å². The van der Waals surface area contributed by atoms with Gasteiger partial charge in [0, 0.05) is 40.7 Å². The number of rotatable bonds is 8. The van der Waals surface area contributed by atoms with Crippen LogP contribution in [0.1, 0.15) is 5.56 Å². The van der Waals surface area contributed by atoms with Crippen molar-refractivity contribution in [1.29, 1.82) is 0 Å². The summed E-state index contributed by atoms with van der Waals surface area (Å²) in [4.78, 5) is 2.29. The van der Waals surface area contributed by atoms with Crippen molar-refractivity contribution in [1.82, 2.24) is 4.90 Å². The minimum atomic E-state index is -4.74. The summed E-state index contributed by atoms with van der Waals surface area (Å²) in [6.07, 6.45) is -4.22. The van der Waals surface area contributed by atoms with Gasteiger partial charge in [0.25, 0.3) is 11.3 Å². The van der Waals surface area contributed by atoms with Crippen molar-refractivity contribution in [3.8, 4) is 5.75 Å². The number of thiophene rings is 1. The Hall–Kier alpha value is -1.31. The lowest BCUT2D eigenvalue weighted by atomic mass is 10.0. The van der Waals surface area contributed by atoms with Crippen LogP contribution in [0, 0.1) is 0 Å². The summed E-state index contributed by atoms with van der Waals surface area (Å²) >= 11 is 4.66. The molecule has 12 heteroatoms. The van der Waals surface area contributed by atoms with E-state index in [9.17, 15) is 21.9 Å². The van der Waals surface area contributed by atoms with Gasteiger partial charge in [0.15, 0.2) is 0 Å². The average Bonchev–Trinajstić information content (AvgIpc) is 3.13. The molecule has 3 aromatic rings. The normalized spacial score (nSPS) is 17.0. The van der Waals surface area contributed by atoms with Crippen molar-refractivity contribution in [2.45, 2.75) is 18.8 Å². The topological polar surface area (TPSA) is 53.0 Å². The zero-order valence-electron chi connectivity index (χ0n) is 17.8. The molecule has 34 heavy (non-hydrogen) atoms. The second kappa shape index (κ2) is 11.2. The highest BCUT2D eigenvalue weighted by Gasteiger charge is 2.31. The highest BCUT2D eigenvalue weighted by atomic mass is 79.9. The highest BCUT2D eigenvalue weighted by molar-refractivity contribution is 9.10. The zero-order chi connectivity index (χ0) is 24.3. The fourth-order valence-corrected chi connectivity index (χ4v) is 7.75. The average molecular weight is 596 g/mol. The molecule has 2 heterocycles. The van der Waals surface area contributed by atoms with E-state index >= 15 is 0 Å². The van der Waals surface area contributed by atoms with Crippen LogP contribution in [0.4, 0.5) is 18.2 Å². The molecule has 0 bridgehead atoms. The number of anilines is 1. The van der Waals surface area contributed by atoms with E-state index in [1.165, 1.54) is 27.8 Å². The molecular formula is C22H22BrF3N2O3S3. The van der Waals surface area contributed by atoms with Gasteiger partial charge in [-0.2, -0.15) is 11.8 Å². The SMILES string of the molecule is O=S(O)N(CC(Cc1ccc(OC(F)(F)F)cc1)N1CCSCC1)c1sc2ccccc2c1Br. The number of ether oxygens (including phenoxy) is 1. The Bertz CT molecular complexity index is 1140. The van der Waals surface area contributed by atoms with Crippen molar-refractivity contribution < 1.29 is 26.7 Å². The van der Waals surface area contributed by atoms with Crippen LogP contribution >= 0.6 is 39.0 Å². The molecule has 1 aliphatic rings. The van der Waals surface area contributed by atoms with Gasteiger partial charge in [-0.15, -0.1) is 24.5 Å². The highest BCUT2D eigenvalue weighted by Crippen LogP contribution is 2.42. The maximum atomic E-state index is 12.5. The van der Waals surface area contributed by atoms with Crippen molar-refractivity contribution in [3.05, 3.63) is 58.6 Å². The van der Waals surface area contributed by atoms with Gasteiger partial charge in [-0.25, -0.2) is 4.21 Å². The summed E-state index contributed by atoms with van der Waals surface area (Å²) in [5, 5.41) is 1.65. The Morgan fingerprint density at radius 1 is 1.15 bits per heavy atom. The van der Waals surface area contributed by atoms with E-state index in [0.717, 1.165) is 44.7 Å². The Morgan fingerprint density at radius 3 is 2.44 bits per heavy atom. The van der Waals surface area contributed by atoms with E-state index in [1.54, 1.807) is 12.1 Å². The summed E-state index contributed by atoms with van der Waals surface area (Å²) in [7, 11) is 0. The van der Waals surface area contributed by atoms with Gasteiger partial charge < -0.3 is 4.74 Å². The first-order valence-corrected chi connectivity index (χ1v) is 14.3. The molecule has 5 nitrogen and oxygen atoms in total. The van der Waals surface area contributed by atoms with Gasteiger partial charge in [-0.05, 0) is 46.1 Å². The van der Waals surface area contributed by atoms with Gasteiger partial charge in [0.05, 0.1) is 11.0 Å². The lowest BCUT2D eigenvalue weighted by molar-refractivity contribution is -0.274. The van der Waals surface area contributed by atoms with E-state index in [4.69, 9.17) is 0 Å². The minimum absolute atomic E-state index is 0.108. The van der Waals surface area contributed by atoms with E-state index in [0.29, 0.717) is 18.0 Å². The van der Waals surface area contributed by atoms with Crippen LogP contribution in [0.15, 0.2) is 53.0 Å². The van der Waals surface area contributed by atoms with Gasteiger partial charge in [0.2, 0.25) is 0 Å². The molecule has 1 fully saturated rings. The maximum absolute atomic E-state index is 12.5. The summed E-state index contributed by atoms with van der Waals surface area (Å²) in [6, 6.07) is 13.5. The van der Waals surface area contributed by atoms with Gasteiger partial charge >= 0.3 is 6.36 Å². The number of halogens is 4.